The van der Waals surface area contributed by atoms with Gasteiger partial charge in [0.25, 0.3) is 0 Å². The lowest BCUT2D eigenvalue weighted by Crippen LogP contribution is -2.38. The lowest BCUT2D eigenvalue weighted by Gasteiger charge is -2.16. The Bertz CT molecular complexity index is 1080. The number of fused-ring (bicyclic) bond motifs is 1. The van der Waals surface area contributed by atoms with E-state index in [4.69, 9.17) is 11.6 Å². The van der Waals surface area contributed by atoms with Crippen LogP contribution in [-0.4, -0.2) is 41.6 Å². The van der Waals surface area contributed by atoms with Crippen molar-refractivity contribution in [3.8, 4) is 0 Å². The first kappa shape index (κ1) is 19.3. The Morgan fingerprint density at radius 2 is 1.93 bits per heavy atom. The zero-order valence-electron chi connectivity index (χ0n) is 14.9. The van der Waals surface area contributed by atoms with E-state index in [-0.39, 0.29) is 18.0 Å². The Balaban J connectivity index is 1.62. The smallest absolute Gasteiger partial charge is 0.243 e. The molecule has 3 aromatic rings. The van der Waals surface area contributed by atoms with Crippen molar-refractivity contribution in [3.05, 3.63) is 65.1 Å². The molecular formula is C18H19ClN4O3S. The van der Waals surface area contributed by atoms with E-state index in [0.717, 1.165) is 15.6 Å². The molecule has 0 radical (unpaired) electrons. The average Bonchev–Trinajstić information content (AvgIpc) is 3.05. The van der Waals surface area contributed by atoms with Gasteiger partial charge in [0.05, 0.1) is 23.7 Å². The Morgan fingerprint density at radius 3 is 2.59 bits per heavy atom. The van der Waals surface area contributed by atoms with Gasteiger partial charge in [-0.2, -0.15) is 4.31 Å². The standard InChI is InChI=1S/C18H19ClN4O3S/c1-13-4-3-5-17-21-15(11-23(13)17)10-20-18(24)12-22(2)27(25,26)16-8-6-14(19)7-9-16/h3-9,11H,10,12H2,1-2H3,(H,20,24). The number of aromatic nitrogens is 2. The molecule has 0 saturated heterocycles. The fourth-order valence-corrected chi connectivity index (χ4v) is 3.86. The summed E-state index contributed by atoms with van der Waals surface area (Å²) in [5, 5.41) is 3.14. The highest BCUT2D eigenvalue weighted by molar-refractivity contribution is 7.89. The van der Waals surface area contributed by atoms with Gasteiger partial charge in [-0.1, -0.05) is 17.7 Å². The number of rotatable bonds is 6. The third-order valence-corrected chi connectivity index (χ3v) is 6.17. The molecule has 0 aliphatic heterocycles. The van der Waals surface area contributed by atoms with Gasteiger partial charge in [0, 0.05) is 24.0 Å². The highest BCUT2D eigenvalue weighted by Crippen LogP contribution is 2.17. The van der Waals surface area contributed by atoms with E-state index in [1.165, 1.54) is 31.3 Å². The minimum atomic E-state index is -3.77. The second-order valence-corrected chi connectivity index (χ2v) is 8.60. The van der Waals surface area contributed by atoms with Crippen molar-refractivity contribution in [2.24, 2.45) is 0 Å². The number of halogens is 1. The van der Waals surface area contributed by atoms with Gasteiger partial charge in [-0.3, -0.25) is 4.79 Å². The number of pyridine rings is 1. The van der Waals surface area contributed by atoms with Crippen LogP contribution in [0.5, 0.6) is 0 Å². The molecule has 9 heteroatoms. The number of carbonyl (C=O) groups excluding carboxylic acids is 1. The molecule has 1 N–H and O–H groups in total. The molecule has 7 nitrogen and oxygen atoms in total. The predicted octanol–water partition coefficient (Wildman–Crippen LogP) is 2.23. The van der Waals surface area contributed by atoms with Gasteiger partial charge in [0.15, 0.2) is 0 Å². The Kier molecular flexibility index (Phi) is 5.50. The summed E-state index contributed by atoms with van der Waals surface area (Å²) in [4.78, 5) is 16.7. The highest BCUT2D eigenvalue weighted by atomic mass is 35.5. The van der Waals surface area contributed by atoms with E-state index in [1.807, 2.05) is 35.7 Å². The molecule has 0 aliphatic rings. The van der Waals surface area contributed by atoms with Crippen LogP contribution in [0.2, 0.25) is 5.02 Å². The maximum Gasteiger partial charge on any atom is 0.243 e. The Morgan fingerprint density at radius 1 is 1.22 bits per heavy atom. The molecule has 27 heavy (non-hydrogen) atoms. The van der Waals surface area contributed by atoms with Crippen LogP contribution in [0.3, 0.4) is 0 Å². The van der Waals surface area contributed by atoms with Crippen molar-refractivity contribution in [1.82, 2.24) is 19.0 Å². The molecule has 1 aromatic carbocycles. The van der Waals surface area contributed by atoms with Crippen LogP contribution < -0.4 is 5.32 Å². The van der Waals surface area contributed by atoms with Crippen LogP contribution in [0.1, 0.15) is 11.4 Å². The SMILES string of the molecule is Cc1cccc2nc(CNC(=O)CN(C)S(=O)(=O)c3ccc(Cl)cc3)cn12. The largest absolute Gasteiger partial charge is 0.349 e. The van der Waals surface area contributed by atoms with E-state index in [1.54, 1.807) is 0 Å². The summed E-state index contributed by atoms with van der Waals surface area (Å²) in [5.74, 6) is -0.413. The third-order valence-electron chi connectivity index (χ3n) is 4.10. The van der Waals surface area contributed by atoms with Crippen LogP contribution in [0, 0.1) is 6.92 Å². The second kappa shape index (κ2) is 7.67. The zero-order valence-corrected chi connectivity index (χ0v) is 16.5. The molecule has 0 fully saturated rings. The molecule has 0 aliphatic carbocycles. The fourth-order valence-electron chi connectivity index (χ4n) is 2.60. The van der Waals surface area contributed by atoms with Gasteiger partial charge in [0.1, 0.15) is 5.65 Å². The number of benzene rings is 1. The highest BCUT2D eigenvalue weighted by Gasteiger charge is 2.22. The summed E-state index contributed by atoms with van der Waals surface area (Å²) in [7, 11) is -2.41. The minimum Gasteiger partial charge on any atom is -0.349 e. The molecule has 0 spiro atoms. The molecule has 2 heterocycles. The topological polar surface area (TPSA) is 83.8 Å². The number of imidazole rings is 1. The molecule has 3 rings (SSSR count). The minimum absolute atomic E-state index is 0.0815. The maximum atomic E-state index is 12.5. The van der Waals surface area contributed by atoms with Crippen LogP contribution in [0.4, 0.5) is 0 Å². The second-order valence-electron chi connectivity index (χ2n) is 6.12. The monoisotopic (exact) mass is 406 g/mol. The van der Waals surface area contributed by atoms with Crippen molar-refractivity contribution >= 4 is 33.2 Å². The number of sulfonamides is 1. The first-order valence-electron chi connectivity index (χ1n) is 8.19. The summed E-state index contributed by atoms with van der Waals surface area (Å²) in [6, 6.07) is 11.6. The summed E-state index contributed by atoms with van der Waals surface area (Å²) in [5.41, 5.74) is 2.52. The van der Waals surface area contributed by atoms with Crippen molar-refractivity contribution in [3.63, 3.8) is 0 Å². The number of hydrogen-bond donors (Lipinski definition) is 1. The van der Waals surface area contributed by atoms with E-state index in [0.29, 0.717) is 10.7 Å². The molecular weight excluding hydrogens is 388 g/mol. The van der Waals surface area contributed by atoms with Gasteiger partial charge in [-0.05, 0) is 43.3 Å². The Hall–Kier alpha value is -2.42. The molecule has 0 bridgehead atoms. The molecule has 2 aromatic heterocycles. The zero-order chi connectivity index (χ0) is 19.6. The van der Waals surface area contributed by atoms with Gasteiger partial charge < -0.3 is 9.72 Å². The predicted molar refractivity (Wildman–Crippen MR) is 103 cm³/mol. The normalized spacial score (nSPS) is 11.9. The first-order valence-corrected chi connectivity index (χ1v) is 10.0. The maximum absolute atomic E-state index is 12.5. The summed E-state index contributed by atoms with van der Waals surface area (Å²) >= 11 is 5.78. The van der Waals surface area contributed by atoms with Crippen LogP contribution in [0.15, 0.2) is 53.6 Å². The van der Waals surface area contributed by atoms with Crippen molar-refractivity contribution in [2.45, 2.75) is 18.4 Å². The lowest BCUT2D eigenvalue weighted by atomic mass is 10.4. The van der Waals surface area contributed by atoms with E-state index in [9.17, 15) is 13.2 Å². The first-order chi connectivity index (χ1) is 12.8. The molecule has 0 unspecified atom stereocenters. The summed E-state index contributed by atoms with van der Waals surface area (Å²) in [6.45, 7) is 1.89. The molecule has 1 amide bonds. The van der Waals surface area contributed by atoms with Crippen molar-refractivity contribution < 1.29 is 13.2 Å². The van der Waals surface area contributed by atoms with Crippen LogP contribution in [-0.2, 0) is 21.4 Å². The number of carbonyl (C=O) groups is 1. The Labute approximate surface area is 162 Å². The van der Waals surface area contributed by atoms with Gasteiger partial charge in [-0.25, -0.2) is 13.4 Å². The van der Waals surface area contributed by atoms with Gasteiger partial charge in [-0.15, -0.1) is 0 Å². The molecule has 142 valence electrons. The number of nitrogens with one attached hydrogen (secondary N) is 1. The summed E-state index contributed by atoms with van der Waals surface area (Å²) in [6.07, 6.45) is 1.85. The molecule has 0 saturated carbocycles. The quantitative estimate of drug-likeness (QED) is 0.680. The van der Waals surface area contributed by atoms with Crippen molar-refractivity contribution in [1.29, 1.82) is 0 Å². The summed E-state index contributed by atoms with van der Waals surface area (Å²) < 4.78 is 27.9. The number of nitrogens with zero attached hydrogens (tertiary/aromatic N) is 3. The molecule has 0 atom stereocenters. The number of likely N-dealkylation sites (N-methyl/N-ethyl adjacent to an activating group) is 1. The van der Waals surface area contributed by atoms with E-state index in [2.05, 4.69) is 10.3 Å². The van der Waals surface area contributed by atoms with E-state index < -0.39 is 15.9 Å². The third kappa shape index (κ3) is 4.29. The number of aryl methyl sites for hydroxylation is 1. The van der Waals surface area contributed by atoms with E-state index >= 15 is 0 Å². The van der Waals surface area contributed by atoms with Crippen molar-refractivity contribution in [2.75, 3.05) is 13.6 Å². The number of amides is 1. The fraction of sp³-hybridized carbons (Fsp3) is 0.222. The van der Waals surface area contributed by atoms with Crippen LogP contribution in [0.25, 0.3) is 5.65 Å². The van der Waals surface area contributed by atoms with Gasteiger partial charge >= 0.3 is 0 Å². The average molecular weight is 407 g/mol. The van der Waals surface area contributed by atoms with Gasteiger partial charge in [0.2, 0.25) is 15.9 Å². The number of hydrogen-bond acceptors (Lipinski definition) is 4. The lowest BCUT2D eigenvalue weighted by molar-refractivity contribution is -0.121. The van der Waals surface area contributed by atoms with Crippen LogP contribution >= 0.6 is 11.6 Å².